The lowest BCUT2D eigenvalue weighted by Gasteiger charge is -2.20. The van der Waals surface area contributed by atoms with Gasteiger partial charge < -0.3 is 10.5 Å². The zero-order valence-corrected chi connectivity index (χ0v) is 11.1. The Labute approximate surface area is 103 Å². The molecule has 1 aromatic rings. The normalized spacial score (nSPS) is 12.9. The Bertz CT molecular complexity index is 363. The summed E-state index contributed by atoms with van der Waals surface area (Å²) in [4.78, 5) is 0. The van der Waals surface area contributed by atoms with Crippen LogP contribution in [-0.4, -0.2) is 6.61 Å². The molecule has 2 N–H and O–H groups in total. The fourth-order valence-corrected chi connectivity index (χ4v) is 1.88. The highest BCUT2D eigenvalue weighted by Crippen LogP contribution is 2.32. The van der Waals surface area contributed by atoms with E-state index >= 15 is 0 Å². The lowest BCUT2D eigenvalue weighted by molar-refractivity contribution is 0.340. The molecule has 1 aromatic carbocycles. The molecule has 0 aromatic heterocycles. The lowest BCUT2D eigenvalue weighted by Crippen LogP contribution is -2.18. The lowest BCUT2D eigenvalue weighted by atomic mass is 9.93. The minimum Gasteiger partial charge on any atom is -0.492 e. The van der Waals surface area contributed by atoms with Crippen LogP contribution in [0.15, 0.2) is 12.1 Å². The van der Waals surface area contributed by atoms with E-state index in [-0.39, 0.29) is 6.04 Å². The van der Waals surface area contributed by atoms with Gasteiger partial charge in [0.1, 0.15) is 5.75 Å². The summed E-state index contributed by atoms with van der Waals surface area (Å²) in [6, 6.07) is 3.91. The van der Waals surface area contributed by atoms with Crippen molar-refractivity contribution in [3.8, 4) is 5.75 Å². The Morgan fingerprint density at radius 3 is 2.50 bits per heavy atom. The van der Waals surface area contributed by atoms with Crippen molar-refractivity contribution in [2.24, 2.45) is 11.7 Å². The van der Waals surface area contributed by atoms with E-state index in [1.54, 1.807) is 0 Å². The van der Waals surface area contributed by atoms with E-state index in [0.29, 0.717) is 17.5 Å². The summed E-state index contributed by atoms with van der Waals surface area (Å²) >= 11 is 6.15. The molecular formula is C13H20ClNO. The summed E-state index contributed by atoms with van der Waals surface area (Å²) in [7, 11) is 0. The van der Waals surface area contributed by atoms with Crippen LogP contribution in [0.4, 0.5) is 0 Å². The molecule has 0 aliphatic heterocycles. The molecule has 0 saturated carbocycles. The number of rotatable bonds is 4. The topological polar surface area (TPSA) is 35.2 Å². The zero-order valence-electron chi connectivity index (χ0n) is 10.4. The molecule has 0 fully saturated rings. The molecule has 0 amide bonds. The molecule has 0 aliphatic carbocycles. The van der Waals surface area contributed by atoms with Crippen molar-refractivity contribution >= 4 is 11.6 Å². The van der Waals surface area contributed by atoms with Gasteiger partial charge in [-0.15, -0.1) is 0 Å². The second kappa shape index (κ2) is 5.55. The van der Waals surface area contributed by atoms with Gasteiger partial charge in [-0.25, -0.2) is 0 Å². The maximum atomic E-state index is 6.15. The van der Waals surface area contributed by atoms with Crippen molar-refractivity contribution in [1.29, 1.82) is 0 Å². The Morgan fingerprint density at radius 2 is 2.00 bits per heavy atom. The SMILES string of the molecule is CCOc1cc(C)c(C(N)C(C)C)cc1Cl. The van der Waals surface area contributed by atoms with E-state index in [2.05, 4.69) is 13.8 Å². The number of benzene rings is 1. The third kappa shape index (κ3) is 2.89. The Hall–Kier alpha value is -0.730. The zero-order chi connectivity index (χ0) is 12.3. The number of hydrogen-bond acceptors (Lipinski definition) is 2. The Morgan fingerprint density at radius 1 is 1.38 bits per heavy atom. The monoisotopic (exact) mass is 241 g/mol. The van der Waals surface area contributed by atoms with Crippen LogP contribution in [0.3, 0.4) is 0 Å². The third-order valence-corrected chi connectivity index (χ3v) is 2.99. The van der Waals surface area contributed by atoms with Crippen molar-refractivity contribution in [3.05, 3.63) is 28.3 Å². The fourth-order valence-electron chi connectivity index (χ4n) is 1.65. The van der Waals surface area contributed by atoms with Gasteiger partial charge >= 0.3 is 0 Å². The van der Waals surface area contributed by atoms with Gasteiger partial charge in [-0.1, -0.05) is 25.4 Å². The maximum Gasteiger partial charge on any atom is 0.138 e. The molecule has 0 aliphatic rings. The van der Waals surface area contributed by atoms with Crippen LogP contribution in [0.25, 0.3) is 0 Å². The van der Waals surface area contributed by atoms with Crippen molar-refractivity contribution in [3.63, 3.8) is 0 Å². The fraction of sp³-hybridized carbons (Fsp3) is 0.538. The standard InChI is InChI=1S/C13H20ClNO/c1-5-16-12-6-9(4)10(7-11(12)14)13(15)8(2)3/h6-8,13H,5,15H2,1-4H3. The van der Waals surface area contributed by atoms with E-state index < -0.39 is 0 Å². The highest BCUT2D eigenvalue weighted by Gasteiger charge is 2.15. The number of ether oxygens (including phenoxy) is 1. The average Bonchev–Trinajstić information content (AvgIpc) is 2.22. The van der Waals surface area contributed by atoms with Gasteiger partial charge in [-0.2, -0.15) is 0 Å². The number of aryl methyl sites for hydroxylation is 1. The summed E-state index contributed by atoms with van der Waals surface area (Å²) in [6.45, 7) is 8.81. The maximum absolute atomic E-state index is 6.15. The number of nitrogens with two attached hydrogens (primary N) is 1. The minimum absolute atomic E-state index is 0.0215. The molecule has 0 saturated heterocycles. The molecule has 1 rings (SSSR count). The van der Waals surface area contributed by atoms with Crippen LogP contribution in [0.5, 0.6) is 5.75 Å². The number of halogens is 1. The van der Waals surface area contributed by atoms with Gasteiger partial charge in [0.2, 0.25) is 0 Å². The van der Waals surface area contributed by atoms with E-state index in [1.165, 1.54) is 0 Å². The van der Waals surface area contributed by atoms with Gasteiger partial charge in [-0.3, -0.25) is 0 Å². The third-order valence-electron chi connectivity index (χ3n) is 2.70. The van der Waals surface area contributed by atoms with E-state index in [0.717, 1.165) is 16.9 Å². The van der Waals surface area contributed by atoms with Crippen molar-refractivity contribution in [1.82, 2.24) is 0 Å². The predicted octanol–water partition coefficient (Wildman–Crippen LogP) is 3.70. The highest BCUT2D eigenvalue weighted by atomic mass is 35.5. The first-order chi connectivity index (χ1) is 7.47. The molecule has 90 valence electrons. The van der Waals surface area contributed by atoms with Crippen LogP contribution in [0.2, 0.25) is 5.02 Å². The van der Waals surface area contributed by atoms with Crippen LogP contribution < -0.4 is 10.5 Å². The van der Waals surface area contributed by atoms with Gasteiger partial charge in [0.05, 0.1) is 11.6 Å². The van der Waals surface area contributed by atoms with Crippen molar-refractivity contribution in [2.45, 2.75) is 33.7 Å². The van der Waals surface area contributed by atoms with Crippen LogP contribution in [0.1, 0.15) is 37.9 Å². The van der Waals surface area contributed by atoms with E-state index in [1.807, 2.05) is 26.0 Å². The molecule has 0 radical (unpaired) electrons. The van der Waals surface area contributed by atoms with Gasteiger partial charge in [0.15, 0.2) is 0 Å². The largest absolute Gasteiger partial charge is 0.492 e. The first-order valence-corrected chi connectivity index (χ1v) is 6.03. The van der Waals surface area contributed by atoms with E-state index in [9.17, 15) is 0 Å². The average molecular weight is 242 g/mol. The predicted molar refractivity (Wildman–Crippen MR) is 69.1 cm³/mol. The highest BCUT2D eigenvalue weighted by molar-refractivity contribution is 6.32. The second-order valence-corrected chi connectivity index (χ2v) is 4.75. The molecule has 1 unspecified atom stereocenters. The van der Waals surface area contributed by atoms with E-state index in [4.69, 9.17) is 22.1 Å². The first kappa shape index (κ1) is 13.3. The van der Waals surface area contributed by atoms with Crippen molar-refractivity contribution < 1.29 is 4.74 Å². The summed E-state index contributed by atoms with van der Waals surface area (Å²) in [5, 5.41) is 0.638. The molecule has 16 heavy (non-hydrogen) atoms. The number of hydrogen-bond donors (Lipinski definition) is 1. The summed E-state index contributed by atoms with van der Waals surface area (Å²) in [5.74, 6) is 1.13. The van der Waals surface area contributed by atoms with Crippen LogP contribution in [-0.2, 0) is 0 Å². The molecular weight excluding hydrogens is 222 g/mol. The van der Waals surface area contributed by atoms with Gasteiger partial charge in [0, 0.05) is 6.04 Å². The summed E-state index contributed by atoms with van der Waals surface area (Å²) in [5.41, 5.74) is 8.37. The molecule has 1 atom stereocenters. The molecule has 3 heteroatoms. The Balaban J connectivity index is 3.10. The van der Waals surface area contributed by atoms with Crippen LogP contribution in [0, 0.1) is 12.8 Å². The molecule has 2 nitrogen and oxygen atoms in total. The summed E-state index contributed by atoms with van der Waals surface area (Å²) < 4.78 is 5.44. The molecule has 0 heterocycles. The van der Waals surface area contributed by atoms with Crippen molar-refractivity contribution in [2.75, 3.05) is 6.61 Å². The Kier molecular flexibility index (Phi) is 4.63. The second-order valence-electron chi connectivity index (χ2n) is 4.34. The summed E-state index contributed by atoms with van der Waals surface area (Å²) in [6.07, 6.45) is 0. The molecule has 0 bridgehead atoms. The quantitative estimate of drug-likeness (QED) is 0.872. The smallest absolute Gasteiger partial charge is 0.138 e. The van der Waals surface area contributed by atoms with Crippen LogP contribution >= 0.6 is 11.6 Å². The van der Waals surface area contributed by atoms with Gasteiger partial charge in [0.25, 0.3) is 0 Å². The minimum atomic E-state index is 0.0215. The van der Waals surface area contributed by atoms with Gasteiger partial charge in [-0.05, 0) is 43.0 Å². The molecule has 0 spiro atoms. The first-order valence-electron chi connectivity index (χ1n) is 5.65.